The van der Waals surface area contributed by atoms with Gasteiger partial charge in [0.1, 0.15) is 17.4 Å². The van der Waals surface area contributed by atoms with Crippen LogP contribution in [0.15, 0.2) is 261 Å². The van der Waals surface area contributed by atoms with E-state index in [2.05, 4.69) is 267 Å². The zero-order chi connectivity index (χ0) is 67.4. The molecule has 0 atom stereocenters. The van der Waals surface area contributed by atoms with Crippen LogP contribution < -0.4 is 4.74 Å². The summed E-state index contributed by atoms with van der Waals surface area (Å²) >= 11 is 5.71. The van der Waals surface area contributed by atoms with Crippen LogP contribution in [0.3, 0.4) is 0 Å². The van der Waals surface area contributed by atoms with Gasteiger partial charge < -0.3 is 4.74 Å². The normalized spacial score (nSPS) is 8.79. The number of aryl methyl sites for hydroxylation is 19. The van der Waals surface area contributed by atoms with Crippen LogP contribution in [0.2, 0.25) is 5.02 Å². The Bertz CT molecular complexity index is 3050. The van der Waals surface area contributed by atoms with Gasteiger partial charge in [0.2, 0.25) is 0 Å². The van der Waals surface area contributed by atoms with Crippen LogP contribution in [-0.2, 0) is 0 Å². The molecule has 4 heteroatoms. The van der Waals surface area contributed by atoms with E-state index < -0.39 is 0 Å². The molecule has 0 aliphatic carbocycles. The van der Waals surface area contributed by atoms with E-state index in [9.17, 15) is 8.78 Å². The summed E-state index contributed by atoms with van der Waals surface area (Å²) in [5.74, 6) is 0.648. The summed E-state index contributed by atoms with van der Waals surface area (Å²) in [7, 11) is 1.68. The SMILES string of the molecule is C.C.C.C.C.COc1ccccc1C.Cc1cc(C)cc(F)c1.Cc1ccc(C)cc1.Cc1ccc(C)cc1.Cc1ccc(C)cc1.Cc1ccc(C)cc1.Cc1ccc(C)cc1.Cc1cccc(C)c1.Cc1cccc(F)c1.Cc1ccccc1C.Cc1ccccc1Cl. The molecule has 0 bridgehead atoms. The van der Waals surface area contributed by atoms with Crippen molar-refractivity contribution < 1.29 is 13.5 Å². The molecule has 11 rings (SSSR count). The second kappa shape index (κ2) is 55.8. The summed E-state index contributed by atoms with van der Waals surface area (Å²) in [5, 5.41) is 0.840. The molecule has 0 unspecified atom stereocenters. The lowest BCUT2D eigenvalue weighted by molar-refractivity contribution is 0.411. The van der Waals surface area contributed by atoms with Gasteiger partial charge in [-0.15, -0.1) is 0 Å². The monoisotopic (exact) mass is 1300 g/mol. The fourth-order valence-electron chi connectivity index (χ4n) is 7.52. The van der Waals surface area contributed by atoms with Gasteiger partial charge in [0, 0.05) is 5.02 Å². The number of para-hydroxylation sites is 1. The Kier molecular flexibility index (Phi) is 55.8. The van der Waals surface area contributed by atoms with Gasteiger partial charge in [-0.2, -0.15) is 0 Å². The first kappa shape index (κ1) is 95.1. The van der Waals surface area contributed by atoms with Crippen molar-refractivity contribution in [1.82, 2.24) is 0 Å². The van der Waals surface area contributed by atoms with E-state index in [4.69, 9.17) is 16.3 Å². The van der Waals surface area contributed by atoms with E-state index in [1.165, 1.54) is 108 Å². The van der Waals surface area contributed by atoms with Crippen molar-refractivity contribution in [3.8, 4) is 5.75 Å². The Morgan fingerprint density at radius 3 is 0.600 bits per heavy atom. The number of benzene rings is 11. The quantitative estimate of drug-likeness (QED) is 0.159. The van der Waals surface area contributed by atoms with Crippen molar-refractivity contribution >= 4 is 11.6 Å². The van der Waals surface area contributed by atoms with Gasteiger partial charge in [-0.25, -0.2) is 8.78 Å². The van der Waals surface area contributed by atoms with Crippen LogP contribution in [0, 0.1) is 143 Å². The maximum atomic E-state index is 12.4. The number of methoxy groups -OCH3 is 1. The average Bonchev–Trinajstić information content (AvgIpc) is 1.67. The van der Waals surface area contributed by atoms with Gasteiger partial charge in [-0.3, -0.25) is 0 Å². The third-order valence-electron chi connectivity index (χ3n) is 13.2. The summed E-state index contributed by atoms with van der Waals surface area (Å²) in [6.45, 7) is 39.1. The second-order valence-corrected chi connectivity index (χ2v) is 23.2. The summed E-state index contributed by atoms with van der Waals surface area (Å²) in [6.07, 6.45) is 0. The smallest absolute Gasteiger partial charge is 0.123 e. The number of rotatable bonds is 1. The molecule has 0 radical (unpaired) electrons. The van der Waals surface area contributed by atoms with Crippen LogP contribution in [-0.4, -0.2) is 7.11 Å². The zero-order valence-electron chi connectivity index (χ0n) is 57.9. The summed E-state index contributed by atoms with van der Waals surface area (Å²) < 4.78 is 29.6. The third kappa shape index (κ3) is 50.5. The summed E-state index contributed by atoms with van der Waals surface area (Å²) in [6, 6.07) is 86.4. The van der Waals surface area contributed by atoms with Gasteiger partial charge in [0.05, 0.1) is 7.11 Å². The first-order valence-electron chi connectivity index (χ1n) is 30.6. The molecular formula is C91H123ClF2O. The molecule has 95 heavy (non-hydrogen) atoms. The van der Waals surface area contributed by atoms with Gasteiger partial charge >= 0.3 is 0 Å². The molecule has 514 valence electrons. The van der Waals surface area contributed by atoms with Crippen molar-refractivity contribution in [3.63, 3.8) is 0 Å². The highest BCUT2D eigenvalue weighted by Crippen LogP contribution is 2.15. The van der Waals surface area contributed by atoms with Crippen molar-refractivity contribution in [2.45, 2.75) is 169 Å². The topological polar surface area (TPSA) is 9.23 Å². The Balaban J connectivity index is -0.000000311. The minimum Gasteiger partial charge on any atom is -0.496 e. The molecule has 0 N–H and O–H groups in total. The molecule has 11 aromatic rings. The van der Waals surface area contributed by atoms with Gasteiger partial charge in [0.25, 0.3) is 0 Å². The van der Waals surface area contributed by atoms with E-state index in [0.29, 0.717) is 0 Å². The van der Waals surface area contributed by atoms with E-state index in [0.717, 1.165) is 33.0 Å². The molecule has 0 heterocycles. The molecule has 0 fully saturated rings. The van der Waals surface area contributed by atoms with E-state index in [1.807, 2.05) is 95.3 Å². The number of ether oxygens (including phenoxy) is 1. The molecule has 0 saturated carbocycles. The molecule has 0 spiro atoms. The Labute approximate surface area is 586 Å². The van der Waals surface area contributed by atoms with Crippen molar-refractivity contribution in [2.24, 2.45) is 0 Å². The number of hydrogen-bond donors (Lipinski definition) is 0. The molecule has 0 aliphatic rings. The molecule has 0 saturated heterocycles. The predicted molar refractivity (Wildman–Crippen MR) is 426 cm³/mol. The maximum absolute atomic E-state index is 12.4. The highest BCUT2D eigenvalue weighted by Gasteiger charge is 1.93. The lowest BCUT2D eigenvalue weighted by Gasteiger charge is -2.00. The van der Waals surface area contributed by atoms with Crippen LogP contribution in [0.25, 0.3) is 0 Å². The fraction of sp³-hybridized carbons (Fsp3) is 0.275. The Hall–Kier alpha value is -8.63. The van der Waals surface area contributed by atoms with Gasteiger partial charge in [-0.05, 0) is 207 Å². The number of halogens is 3. The van der Waals surface area contributed by atoms with Crippen molar-refractivity contribution in [1.29, 1.82) is 0 Å². The first-order chi connectivity index (χ1) is 42.6. The molecule has 0 aromatic heterocycles. The zero-order valence-corrected chi connectivity index (χ0v) is 58.6. The van der Waals surface area contributed by atoms with Crippen molar-refractivity contribution in [3.05, 3.63) is 383 Å². The Morgan fingerprint density at radius 1 is 0.211 bits per heavy atom. The summed E-state index contributed by atoms with van der Waals surface area (Å²) in [5.41, 5.74) is 23.9. The molecular weight excluding hydrogens is 1180 g/mol. The third-order valence-corrected chi connectivity index (χ3v) is 13.7. The molecule has 0 amide bonds. The number of hydrogen-bond acceptors (Lipinski definition) is 1. The van der Waals surface area contributed by atoms with Crippen LogP contribution >= 0.6 is 11.6 Å². The maximum Gasteiger partial charge on any atom is 0.123 e. The van der Waals surface area contributed by atoms with Crippen molar-refractivity contribution in [2.75, 3.05) is 7.11 Å². The highest BCUT2D eigenvalue weighted by molar-refractivity contribution is 6.31. The lowest BCUT2D eigenvalue weighted by atomic mass is 10.1. The molecule has 1 nitrogen and oxygen atoms in total. The minimum atomic E-state index is -0.162. The predicted octanol–water partition coefficient (Wildman–Crippen LogP) is 28.5. The second-order valence-electron chi connectivity index (χ2n) is 22.8. The van der Waals surface area contributed by atoms with Crippen LogP contribution in [0.1, 0.15) is 143 Å². The lowest BCUT2D eigenvalue weighted by Crippen LogP contribution is -1.84. The molecule has 11 aromatic carbocycles. The van der Waals surface area contributed by atoms with E-state index in [1.54, 1.807) is 13.2 Å². The van der Waals surface area contributed by atoms with Gasteiger partial charge in [-0.1, -0.05) is 340 Å². The fourth-order valence-corrected chi connectivity index (χ4v) is 7.65. The largest absolute Gasteiger partial charge is 0.496 e. The van der Waals surface area contributed by atoms with Gasteiger partial charge in [0.15, 0.2) is 0 Å². The first-order valence-corrected chi connectivity index (χ1v) is 31.0. The highest BCUT2D eigenvalue weighted by atomic mass is 35.5. The van der Waals surface area contributed by atoms with E-state index >= 15 is 0 Å². The standard InChI is InChI=1S/C8H9F.C8H10O.7C8H10.C7H7Cl.C7H7F.5CH4/c1-6-3-7(2)5-8(9)4-6;1-7-5-3-4-6-8(7)9-2;5*1-7-3-5-8(2)6-4-7;1-7-4-3-5-8(2)6-7;1-7-5-3-4-6-8(7)2;1-6-4-2-3-5-7(6)8;1-6-3-2-4-7(8)5-6;;;;;/h3-5H,1-2H3;3-6H,1-2H3;7*3-6H,1-2H3;2*2-5H,1H3;5*1H4. The van der Waals surface area contributed by atoms with Crippen LogP contribution in [0.5, 0.6) is 5.75 Å². The van der Waals surface area contributed by atoms with E-state index in [-0.39, 0.29) is 48.8 Å². The minimum absolute atomic E-state index is 0. The summed E-state index contributed by atoms with van der Waals surface area (Å²) in [4.78, 5) is 0. The average molecular weight is 1310 g/mol. The van der Waals surface area contributed by atoms with Crippen LogP contribution in [0.4, 0.5) is 8.78 Å². The molecule has 0 aliphatic heterocycles. The Morgan fingerprint density at radius 2 is 0.432 bits per heavy atom.